The van der Waals surface area contributed by atoms with Gasteiger partial charge in [0.25, 0.3) is 0 Å². The molecule has 0 unspecified atom stereocenters. The molecule has 0 spiro atoms. The van der Waals surface area contributed by atoms with Crippen LogP contribution in [-0.4, -0.2) is 25.1 Å². The molecule has 0 saturated carbocycles. The van der Waals surface area contributed by atoms with E-state index in [1.807, 2.05) is 24.0 Å². The second-order valence-corrected chi connectivity index (χ2v) is 3.85. The van der Waals surface area contributed by atoms with Crippen molar-refractivity contribution in [1.29, 1.82) is 5.26 Å². The van der Waals surface area contributed by atoms with Crippen LogP contribution in [0.2, 0.25) is 5.02 Å². The molecule has 0 N–H and O–H groups in total. The largest absolute Gasteiger partial charge is 0.496 e. The van der Waals surface area contributed by atoms with E-state index in [0.29, 0.717) is 18.1 Å². The first-order chi connectivity index (χ1) is 7.71. The Morgan fingerprint density at radius 1 is 1.50 bits per heavy atom. The van der Waals surface area contributed by atoms with Gasteiger partial charge in [-0.3, -0.25) is 4.90 Å². The van der Waals surface area contributed by atoms with Crippen LogP contribution in [0, 0.1) is 11.3 Å². The van der Waals surface area contributed by atoms with E-state index in [1.54, 1.807) is 13.2 Å². The maximum atomic E-state index is 8.68. The molecule has 0 heterocycles. The van der Waals surface area contributed by atoms with Crippen molar-refractivity contribution in [2.75, 3.05) is 20.2 Å². The quantitative estimate of drug-likeness (QED) is 0.740. The lowest BCUT2D eigenvalue weighted by Gasteiger charge is -2.18. The van der Waals surface area contributed by atoms with Gasteiger partial charge in [0.05, 0.1) is 19.7 Å². The highest BCUT2D eigenvalue weighted by atomic mass is 35.5. The molecule has 4 heteroatoms. The normalized spacial score (nSPS) is 10.2. The average molecular weight is 239 g/mol. The molecule has 1 aromatic rings. The number of rotatable bonds is 5. The summed E-state index contributed by atoms with van der Waals surface area (Å²) in [5.74, 6) is 0.806. The maximum absolute atomic E-state index is 8.68. The lowest BCUT2D eigenvalue weighted by atomic mass is 10.2. The van der Waals surface area contributed by atoms with Crippen molar-refractivity contribution in [2.45, 2.75) is 13.5 Å². The van der Waals surface area contributed by atoms with Crippen LogP contribution >= 0.6 is 11.6 Å². The van der Waals surface area contributed by atoms with Crippen molar-refractivity contribution in [3.8, 4) is 11.8 Å². The van der Waals surface area contributed by atoms with Gasteiger partial charge in [0, 0.05) is 17.1 Å². The molecule has 0 radical (unpaired) electrons. The van der Waals surface area contributed by atoms with E-state index in [1.165, 1.54) is 0 Å². The highest BCUT2D eigenvalue weighted by molar-refractivity contribution is 6.30. The van der Waals surface area contributed by atoms with Gasteiger partial charge < -0.3 is 4.74 Å². The van der Waals surface area contributed by atoms with E-state index in [0.717, 1.165) is 17.9 Å². The number of halogens is 1. The number of nitriles is 1. The second kappa shape index (κ2) is 6.37. The van der Waals surface area contributed by atoms with Gasteiger partial charge >= 0.3 is 0 Å². The molecule has 0 aliphatic carbocycles. The van der Waals surface area contributed by atoms with Crippen molar-refractivity contribution < 1.29 is 4.74 Å². The minimum absolute atomic E-state index is 0.409. The molecule has 0 aromatic heterocycles. The van der Waals surface area contributed by atoms with Crippen LogP contribution in [0.25, 0.3) is 0 Å². The Balaban J connectivity index is 2.85. The smallest absolute Gasteiger partial charge is 0.123 e. The van der Waals surface area contributed by atoms with E-state index < -0.39 is 0 Å². The summed E-state index contributed by atoms with van der Waals surface area (Å²) in [6, 6.07) is 7.66. The molecule has 0 atom stereocenters. The topological polar surface area (TPSA) is 36.3 Å². The predicted octanol–water partition coefficient (Wildman–Crippen LogP) is 2.69. The van der Waals surface area contributed by atoms with Crippen LogP contribution < -0.4 is 4.74 Å². The summed E-state index contributed by atoms with van der Waals surface area (Å²) in [5.41, 5.74) is 1.01. The van der Waals surface area contributed by atoms with Gasteiger partial charge in [-0.2, -0.15) is 5.26 Å². The fourth-order valence-electron chi connectivity index (χ4n) is 1.49. The van der Waals surface area contributed by atoms with Crippen LogP contribution in [0.3, 0.4) is 0 Å². The van der Waals surface area contributed by atoms with E-state index in [9.17, 15) is 0 Å². The van der Waals surface area contributed by atoms with Gasteiger partial charge in [0.15, 0.2) is 0 Å². The molecule has 0 aliphatic heterocycles. The highest BCUT2D eigenvalue weighted by Gasteiger charge is 2.08. The molecule has 0 amide bonds. The highest BCUT2D eigenvalue weighted by Crippen LogP contribution is 2.23. The second-order valence-electron chi connectivity index (χ2n) is 3.42. The minimum atomic E-state index is 0.409. The monoisotopic (exact) mass is 238 g/mol. The van der Waals surface area contributed by atoms with Crippen molar-refractivity contribution in [2.24, 2.45) is 0 Å². The predicted molar refractivity (Wildman–Crippen MR) is 64.6 cm³/mol. The summed E-state index contributed by atoms with van der Waals surface area (Å²) >= 11 is 5.94. The summed E-state index contributed by atoms with van der Waals surface area (Å²) in [5, 5.41) is 9.36. The first kappa shape index (κ1) is 12.8. The van der Waals surface area contributed by atoms with Crippen LogP contribution in [0.1, 0.15) is 12.5 Å². The van der Waals surface area contributed by atoms with Crippen molar-refractivity contribution in [3.05, 3.63) is 28.8 Å². The maximum Gasteiger partial charge on any atom is 0.123 e. The van der Waals surface area contributed by atoms with Crippen LogP contribution in [0.15, 0.2) is 18.2 Å². The molecule has 0 bridgehead atoms. The van der Waals surface area contributed by atoms with Gasteiger partial charge in [-0.25, -0.2) is 0 Å². The molecule has 3 nitrogen and oxygen atoms in total. The van der Waals surface area contributed by atoms with Gasteiger partial charge in [-0.15, -0.1) is 0 Å². The average Bonchev–Trinajstić information content (AvgIpc) is 2.29. The van der Waals surface area contributed by atoms with E-state index in [2.05, 4.69) is 6.07 Å². The molecule has 16 heavy (non-hydrogen) atoms. The van der Waals surface area contributed by atoms with Crippen molar-refractivity contribution >= 4 is 11.6 Å². The Kier molecular flexibility index (Phi) is 5.10. The van der Waals surface area contributed by atoms with Gasteiger partial charge in [0.1, 0.15) is 5.75 Å². The number of hydrogen-bond donors (Lipinski definition) is 0. The first-order valence-corrected chi connectivity index (χ1v) is 5.50. The fourth-order valence-corrected chi connectivity index (χ4v) is 1.69. The standard InChI is InChI=1S/C12H15ClN2O/c1-3-15(7-6-14)9-10-8-11(13)4-5-12(10)16-2/h4-5,8H,3,7,9H2,1-2H3. The van der Waals surface area contributed by atoms with Gasteiger partial charge in [-0.1, -0.05) is 18.5 Å². The molecule has 1 aromatic carbocycles. The molecular weight excluding hydrogens is 224 g/mol. The Labute approximate surface area is 101 Å². The SMILES string of the molecule is CCN(CC#N)Cc1cc(Cl)ccc1OC. The molecule has 0 fully saturated rings. The van der Waals surface area contributed by atoms with Crippen molar-refractivity contribution in [1.82, 2.24) is 4.90 Å². The number of nitrogens with zero attached hydrogens (tertiary/aromatic N) is 2. The Bertz CT molecular complexity index is 387. The Morgan fingerprint density at radius 3 is 2.81 bits per heavy atom. The number of ether oxygens (including phenoxy) is 1. The Hall–Kier alpha value is -1.24. The summed E-state index contributed by atoms with van der Waals surface area (Å²) < 4.78 is 5.26. The van der Waals surface area contributed by atoms with Crippen molar-refractivity contribution in [3.63, 3.8) is 0 Å². The van der Waals surface area contributed by atoms with E-state index >= 15 is 0 Å². The molecule has 86 valence electrons. The summed E-state index contributed by atoms with van der Waals surface area (Å²) in [6.07, 6.45) is 0. The van der Waals surface area contributed by atoms with Crippen LogP contribution in [-0.2, 0) is 6.54 Å². The third-order valence-corrected chi connectivity index (χ3v) is 2.61. The molecule has 0 aliphatic rings. The number of benzene rings is 1. The van der Waals surface area contributed by atoms with Crippen LogP contribution in [0.4, 0.5) is 0 Å². The zero-order valence-electron chi connectivity index (χ0n) is 9.53. The molecule has 1 rings (SSSR count). The molecule has 0 saturated heterocycles. The fraction of sp³-hybridized carbons (Fsp3) is 0.417. The molecular formula is C12H15ClN2O. The lowest BCUT2D eigenvalue weighted by molar-refractivity contribution is 0.306. The van der Waals surface area contributed by atoms with Crippen LogP contribution in [0.5, 0.6) is 5.75 Å². The van der Waals surface area contributed by atoms with Gasteiger partial charge in [0.2, 0.25) is 0 Å². The zero-order valence-corrected chi connectivity index (χ0v) is 10.3. The number of methoxy groups -OCH3 is 1. The number of hydrogen-bond acceptors (Lipinski definition) is 3. The third kappa shape index (κ3) is 3.41. The summed E-state index contributed by atoms with van der Waals surface area (Å²) in [7, 11) is 1.63. The van der Waals surface area contributed by atoms with E-state index in [-0.39, 0.29) is 0 Å². The first-order valence-electron chi connectivity index (χ1n) is 5.13. The lowest BCUT2D eigenvalue weighted by Crippen LogP contribution is -2.23. The van der Waals surface area contributed by atoms with Gasteiger partial charge in [-0.05, 0) is 24.7 Å². The third-order valence-electron chi connectivity index (χ3n) is 2.38. The summed E-state index contributed by atoms with van der Waals surface area (Å²) in [4.78, 5) is 2.02. The Morgan fingerprint density at radius 2 is 2.25 bits per heavy atom. The summed E-state index contributed by atoms with van der Waals surface area (Å²) in [6.45, 7) is 3.93. The zero-order chi connectivity index (χ0) is 12.0. The van der Waals surface area contributed by atoms with E-state index in [4.69, 9.17) is 21.6 Å². The minimum Gasteiger partial charge on any atom is -0.496 e.